The van der Waals surface area contributed by atoms with Gasteiger partial charge in [0.1, 0.15) is 5.39 Å². The molecule has 0 atom stereocenters. The largest absolute Gasteiger partial charge is 0.301 e. The van der Waals surface area contributed by atoms with Crippen LogP contribution in [0.1, 0.15) is 6.92 Å². The fourth-order valence-electron chi connectivity index (χ4n) is 2.01. The molecule has 8 nitrogen and oxygen atoms in total. The van der Waals surface area contributed by atoms with Gasteiger partial charge in [-0.3, -0.25) is 14.9 Å². The Hall–Kier alpha value is -2.68. The quantitative estimate of drug-likeness (QED) is 0.342. The van der Waals surface area contributed by atoms with Crippen molar-refractivity contribution in [2.75, 3.05) is 5.75 Å². The summed E-state index contributed by atoms with van der Waals surface area (Å²) < 4.78 is 1.49. The number of H-pyrrole nitrogens is 1. The van der Waals surface area contributed by atoms with E-state index >= 15 is 0 Å². The molecule has 0 fully saturated rings. The molecule has 0 saturated heterocycles. The molecule has 0 aliphatic rings. The third-order valence-electron chi connectivity index (χ3n) is 3.00. The van der Waals surface area contributed by atoms with E-state index in [1.54, 1.807) is 12.1 Å². The Bertz CT molecular complexity index is 900. The Balaban J connectivity index is 2.14. The van der Waals surface area contributed by atoms with E-state index in [1.165, 1.54) is 34.8 Å². The van der Waals surface area contributed by atoms with E-state index in [1.807, 2.05) is 6.92 Å². The standard InChI is InChI=1S/C13H11N5O3S/c1-2-22-13-15-11-10(12(19)16-13)7-14-17(11)8-3-5-9(6-4-8)18(20)21/h3-7H,2H2,1H3,(H,15,16,19). The molecule has 0 radical (unpaired) electrons. The van der Waals surface area contributed by atoms with Crippen molar-refractivity contribution in [2.45, 2.75) is 12.1 Å². The molecule has 9 heteroatoms. The highest BCUT2D eigenvalue weighted by Gasteiger charge is 2.12. The van der Waals surface area contributed by atoms with Gasteiger partial charge in [0.2, 0.25) is 0 Å². The van der Waals surface area contributed by atoms with Crippen molar-refractivity contribution >= 4 is 28.5 Å². The number of thioether (sulfide) groups is 1. The monoisotopic (exact) mass is 317 g/mol. The predicted octanol–water partition coefficient (Wildman–Crippen LogP) is 2.13. The minimum atomic E-state index is -0.468. The third-order valence-corrected chi connectivity index (χ3v) is 3.76. The van der Waals surface area contributed by atoms with Crippen LogP contribution in [0.25, 0.3) is 16.7 Å². The van der Waals surface area contributed by atoms with Crippen LogP contribution < -0.4 is 5.56 Å². The van der Waals surface area contributed by atoms with Crippen LogP contribution in [0, 0.1) is 10.1 Å². The van der Waals surface area contributed by atoms with Gasteiger partial charge in [-0.15, -0.1) is 0 Å². The number of hydrogen-bond acceptors (Lipinski definition) is 6. The highest BCUT2D eigenvalue weighted by atomic mass is 32.2. The summed E-state index contributed by atoms with van der Waals surface area (Å²) >= 11 is 1.42. The van der Waals surface area contributed by atoms with E-state index in [0.29, 0.717) is 21.9 Å². The maximum absolute atomic E-state index is 12.0. The van der Waals surface area contributed by atoms with E-state index in [-0.39, 0.29) is 11.2 Å². The summed E-state index contributed by atoms with van der Waals surface area (Å²) in [6, 6.07) is 5.91. The third kappa shape index (κ3) is 2.46. The second-order valence-corrected chi connectivity index (χ2v) is 5.62. The number of hydrogen-bond donors (Lipinski definition) is 1. The van der Waals surface area contributed by atoms with Crippen LogP contribution in [0.15, 0.2) is 40.4 Å². The number of nitro benzene ring substituents is 1. The molecule has 112 valence electrons. The lowest BCUT2D eigenvalue weighted by Crippen LogP contribution is -2.09. The minimum absolute atomic E-state index is 0.00625. The molecule has 0 bridgehead atoms. The van der Waals surface area contributed by atoms with Crippen LogP contribution in [-0.2, 0) is 0 Å². The Labute approximate surface area is 128 Å². The van der Waals surface area contributed by atoms with E-state index < -0.39 is 4.92 Å². The lowest BCUT2D eigenvalue weighted by Gasteiger charge is -2.03. The molecule has 2 aromatic heterocycles. The number of non-ortho nitro benzene ring substituents is 1. The van der Waals surface area contributed by atoms with Crippen molar-refractivity contribution in [2.24, 2.45) is 0 Å². The van der Waals surface area contributed by atoms with Crippen LogP contribution in [0.2, 0.25) is 0 Å². The van der Waals surface area contributed by atoms with Crippen molar-refractivity contribution in [3.05, 3.63) is 50.9 Å². The summed E-state index contributed by atoms with van der Waals surface area (Å²) in [7, 11) is 0. The molecule has 0 aliphatic carbocycles. The van der Waals surface area contributed by atoms with E-state index in [2.05, 4.69) is 15.1 Å². The summed E-state index contributed by atoms with van der Waals surface area (Å²) in [5.41, 5.74) is 0.766. The number of nitro groups is 1. The van der Waals surface area contributed by atoms with Gasteiger partial charge in [0.25, 0.3) is 11.2 Å². The number of aromatic nitrogens is 4. The predicted molar refractivity (Wildman–Crippen MR) is 82.5 cm³/mol. The fourth-order valence-corrected chi connectivity index (χ4v) is 2.60. The van der Waals surface area contributed by atoms with Crippen molar-refractivity contribution in [1.29, 1.82) is 0 Å². The molecule has 2 heterocycles. The highest BCUT2D eigenvalue weighted by Crippen LogP contribution is 2.19. The Kier molecular flexibility index (Phi) is 3.63. The first kappa shape index (κ1) is 14.3. The fraction of sp³-hybridized carbons (Fsp3) is 0.154. The zero-order valence-electron chi connectivity index (χ0n) is 11.5. The van der Waals surface area contributed by atoms with Gasteiger partial charge in [-0.2, -0.15) is 5.10 Å². The molecule has 1 aromatic carbocycles. The van der Waals surface area contributed by atoms with Crippen molar-refractivity contribution < 1.29 is 4.92 Å². The summed E-state index contributed by atoms with van der Waals surface area (Å²) in [6.45, 7) is 1.96. The van der Waals surface area contributed by atoms with Crippen molar-refractivity contribution in [1.82, 2.24) is 19.7 Å². The van der Waals surface area contributed by atoms with Gasteiger partial charge in [0.05, 0.1) is 16.8 Å². The molecule has 0 saturated carbocycles. The first-order chi connectivity index (χ1) is 10.6. The van der Waals surface area contributed by atoms with Gasteiger partial charge >= 0.3 is 0 Å². The van der Waals surface area contributed by atoms with Crippen LogP contribution in [0.4, 0.5) is 5.69 Å². The molecule has 3 rings (SSSR count). The Morgan fingerprint density at radius 3 is 2.73 bits per heavy atom. The number of nitrogens with zero attached hydrogens (tertiary/aromatic N) is 4. The lowest BCUT2D eigenvalue weighted by atomic mass is 10.3. The Morgan fingerprint density at radius 2 is 2.09 bits per heavy atom. The smallest absolute Gasteiger partial charge is 0.269 e. The number of benzene rings is 1. The van der Waals surface area contributed by atoms with Gasteiger partial charge in [-0.25, -0.2) is 9.67 Å². The van der Waals surface area contributed by atoms with Gasteiger partial charge in [-0.05, 0) is 17.9 Å². The van der Waals surface area contributed by atoms with E-state index in [0.717, 1.165) is 5.75 Å². The second-order valence-electron chi connectivity index (χ2n) is 4.37. The normalized spacial score (nSPS) is 11.0. The molecule has 0 unspecified atom stereocenters. The van der Waals surface area contributed by atoms with Crippen LogP contribution >= 0.6 is 11.8 Å². The molecule has 3 aromatic rings. The average molecular weight is 317 g/mol. The zero-order valence-corrected chi connectivity index (χ0v) is 12.3. The van der Waals surface area contributed by atoms with Gasteiger partial charge in [0.15, 0.2) is 10.8 Å². The number of rotatable bonds is 4. The summed E-state index contributed by atoms with van der Waals surface area (Å²) in [5.74, 6) is 0.778. The molecule has 22 heavy (non-hydrogen) atoms. The number of aromatic amines is 1. The minimum Gasteiger partial charge on any atom is -0.301 e. The molecule has 0 amide bonds. The first-order valence-corrected chi connectivity index (χ1v) is 7.44. The maximum atomic E-state index is 12.0. The molecule has 1 N–H and O–H groups in total. The molecular formula is C13H11N5O3S. The first-order valence-electron chi connectivity index (χ1n) is 6.46. The topological polar surface area (TPSA) is 107 Å². The van der Waals surface area contributed by atoms with Crippen molar-refractivity contribution in [3.8, 4) is 5.69 Å². The van der Waals surface area contributed by atoms with Crippen LogP contribution in [0.3, 0.4) is 0 Å². The van der Waals surface area contributed by atoms with Crippen molar-refractivity contribution in [3.63, 3.8) is 0 Å². The average Bonchev–Trinajstić information content (AvgIpc) is 2.92. The molecule has 0 aliphatic heterocycles. The molecular weight excluding hydrogens is 306 g/mol. The molecule has 0 spiro atoms. The SMILES string of the molecule is CCSc1nc2c(cnn2-c2ccc([N+](=O)[O-])cc2)c(=O)[nH]1. The second kappa shape index (κ2) is 5.60. The summed E-state index contributed by atoms with van der Waals surface area (Å²) in [5, 5.41) is 15.7. The maximum Gasteiger partial charge on any atom is 0.269 e. The Morgan fingerprint density at radius 1 is 1.36 bits per heavy atom. The van der Waals surface area contributed by atoms with Crippen LogP contribution in [-0.4, -0.2) is 30.4 Å². The number of fused-ring (bicyclic) bond motifs is 1. The zero-order chi connectivity index (χ0) is 15.7. The van der Waals surface area contributed by atoms with Crippen LogP contribution in [0.5, 0.6) is 0 Å². The van der Waals surface area contributed by atoms with Gasteiger partial charge < -0.3 is 4.98 Å². The van der Waals surface area contributed by atoms with E-state index in [4.69, 9.17) is 0 Å². The highest BCUT2D eigenvalue weighted by molar-refractivity contribution is 7.99. The summed E-state index contributed by atoms with van der Waals surface area (Å²) in [6.07, 6.45) is 1.43. The lowest BCUT2D eigenvalue weighted by molar-refractivity contribution is -0.384. The summed E-state index contributed by atoms with van der Waals surface area (Å²) in [4.78, 5) is 29.3. The van der Waals surface area contributed by atoms with E-state index in [9.17, 15) is 14.9 Å². The number of nitrogens with one attached hydrogen (secondary N) is 1. The van der Waals surface area contributed by atoms with Gasteiger partial charge in [0, 0.05) is 12.1 Å². The van der Waals surface area contributed by atoms with Gasteiger partial charge in [-0.1, -0.05) is 18.7 Å².